The zero-order chi connectivity index (χ0) is 23.0. The van der Waals surface area contributed by atoms with E-state index in [2.05, 4.69) is 5.32 Å². The number of carboxylic acids is 1. The van der Waals surface area contributed by atoms with Gasteiger partial charge in [-0.2, -0.15) is 0 Å². The van der Waals surface area contributed by atoms with Crippen LogP contribution < -0.4 is 10.2 Å². The van der Waals surface area contributed by atoms with Crippen molar-refractivity contribution >= 4 is 35.1 Å². The molecule has 0 aliphatic rings. The summed E-state index contributed by atoms with van der Waals surface area (Å²) in [4.78, 5) is 48.7. The van der Waals surface area contributed by atoms with E-state index in [1.807, 2.05) is 38.1 Å². The lowest BCUT2D eigenvalue weighted by molar-refractivity contribution is -0.140. The molecule has 9 heteroatoms. The molecule has 0 aliphatic heterocycles. The number of hydrogen-bond acceptors (Lipinski definition) is 5. The monoisotopic (exact) mass is 430 g/mol. The van der Waals surface area contributed by atoms with E-state index in [9.17, 15) is 23.6 Å². The van der Waals surface area contributed by atoms with Gasteiger partial charge in [0.2, 0.25) is 0 Å². The van der Waals surface area contributed by atoms with E-state index in [1.54, 1.807) is 24.3 Å². The average molecular weight is 430 g/mol. The van der Waals surface area contributed by atoms with Crippen LogP contribution in [0.5, 0.6) is 0 Å². The number of nitrogens with one attached hydrogen (secondary N) is 1. The van der Waals surface area contributed by atoms with Gasteiger partial charge < -0.3 is 15.2 Å². The Labute approximate surface area is 178 Å². The standard InChI is InChI=1S/C22H23FN2O6/c1-14-7-3-5-9-17(14)25(18-10-6-4-8-15(18)2)22(30)31-13-20(27)24-16(11-21(28)29)19(26)12-23/h3-10,16H,11-13H2,1-2H3,(H,24,27)(H,28,29). The second-order valence-corrected chi connectivity index (χ2v) is 6.78. The normalized spacial score (nSPS) is 11.3. The highest BCUT2D eigenvalue weighted by atomic mass is 19.1. The van der Waals surface area contributed by atoms with E-state index >= 15 is 0 Å². The first kappa shape index (κ1) is 23.5. The molecule has 2 rings (SSSR count). The van der Waals surface area contributed by atoms with Crippen molar-refractivity contribution < 1.29 is 33.4 Å². The van der Waals surface area contributed by atoms with Crippen molar-refractivity contribution in [3.05, 3.63) is 59.7 Å². The molecule has 0 radical (unpaired) electrons. The molecule has 0 bridgehead atoms. The number of alkyl halides is 1. The van der Waals surface area contributed by atoms with Crippen LogP contribution in [0, 0.1) is 13.8 Å². The van der Waals surface area contributed by atoms with Gasteiger partial charge in [-0.1, -0.05) is 36.4 Å². The second kappa shape index (κ2) is 10.9. The number of benzene rings is 2. The van der Waals surface area contributed by atoms with E-state index in [1.165, 1.54) is 4.90 Å². The van der Waals surface area contributed by atoms with Crippen molar-refractivity contribution in [2.24, 2.45) is 0 Å². The molecule has 0 heterocycles. The fraction of sp³-hybridized carbons (Fsp3) is 0.273. The van der Waals surface area contributed by atoms with E-state index in [0.717, 1.165) is 11.1 Å². The number of ether oxygens (including phenoxy) is 1. The number of carboxylic acid groups (broad SMARTS) is 1. The van der Waals surface area contributed by atoms with Gasteiger partial charge in [-0.05, 0) is 37.1 Å². The Kier molecular flexibility index (Phi) is 8.25. The van der Waals surface area contributed by atoms with Crippen LogP contribution in [0.4, 0.5) is 20.6 Å². The molecule has 0 saturated carbocycles. The van der Waals surface area contributed by atoms with Crippen molar-refractivity contribution in [2.75, 3.05) is 18.2 Å². The summed E-state index contributed by atoms with van der Waals surface area (Å²) in [5.74, 6) is -3.38. The van der Waals surface area contributed by atoms with Gasteiger partial charge in [0.25, 0.3) is 5.91 Å². The molecule has 0 saturated heterocycles. The molecule has 8 nitrogen and oxygen atoms in total. The molecule has 1 unspecified atom stereocenters. The van der Waals surface area contributed by atoms with Gasteiger partial charge in [-0.25, -0.2) is 14.1 Å². The number of hydrogen-bond donors (Lipinski definition) is 2. The van der Waals surface area contributed by atoms with Crippen molar-refractivity contribution in [1.29, 1.82) is 0 Å². The molecule has 0 aliphatic carbocycles. The number of aryl methyl sites for hydroxylation is 2. The number of rotatable bonds is 9. The topological polar surface area (TPSA) is 113 Å². The number of carbonyl (C=O) groups is 4. The van der Waals surface area contributed by atoms with Crippen LogP contribution in [0.15, 0.2) is 48.5 Å². The summed E-state index contributed by atoms with van der Waals surface area (Å²) < 4.78 is 17.7. The Hall–Kier alpha value is -3.75. The van der Waals surface area contributed by atoms with E-state index in [4.69, 9.17) is 9.84 Å². The number of amides is 2. The molecule has 1 atom stereocenters. The third kappa shape index (κ3) is 6.36. The molecule has 2 N–H and O–H groups in total. The summed E-state index contributed by atoms with van der Waals surface area (Å²) in [7, 11) is 0. The molecular weight excluding hydrogens is 407 g/mol. The predicted octanol–water partition coefficient (Wildman–Crippen LogP) is 3.08. The maximum Gasteiger partial charge on any atom is 0.419 e. The van der Waals surface area contributed by atoms with Crippen LogP contribution in [0.3, 0.4) is 0 Å². The molecule has 0 spiro atoms. The van der Waals surface area contributed by atoms with Crippen LogP contribution in [0.2, 0.25) is 0 Å². The highest BCUT2D eigenvalue weighted by Crippen LogP contribution is 2.31. The number of Topliss-reactive ketones (excluding diaryl/α,β-unsaturated/α-hetero) is 1. The number of carbonyl (C=O) groups excluding carboxylic acids is 3. The summed E-state index contributed by atoms with van der Waals surface area (Å²) >= 11 is 0. The van der Waals surface area contributed by atoms with Gasteiger partial charge in [0.1, 0.15) is 12.7 Å². The molecule has 164 valence electrons. The van der Waals surface area contributed by atoms with Crippen molar-refractivity contribution in [1.82, 2.24) is 5.32 Å². The van der Waals surface area contributed by atoms with Gasteiger partial charge in [0.15, 0.2) is 12.4 Å². The van der Waals surface area contributed by atoms with Crippen LogP contribution in [0.25, 0.3) is 0 Å². The smallest absolute Gasteiger partial charge is 0.419 e. The van der Waals surface area contributed by atoms with Crippen LogP contribution >= 0.6 is 0 Å². The first-order valence-corrected chi connectivity index (χ1v) is 9.42. The largest absolute Gasteiger partial charge is 0.481 e. The van der Waals surface area contributed by atoms with Gasteiger partial charge in [-0.3, -0.25) is 14.4 Å². The number of para-hydroxylation sites is 2. The lowest BCUT2D eigenvalue weighted by atomic mass is 10.1. The minimum atomic E-state index is -1.54. The maximum absolute atomic E-state index is 12.9. The first-order valence-electron chi connectivity index (χ1n) is 9.42. The van der Waals surface area contributed by atoms with E-state index in [0.29, 0.717) is 11.4 Å². The number of anilines is 2. The zero-order valence-electron chi connectivity index (χ0n) is 17.1. The molecule has 0 aromatic heterocycles. The fourth-order valence-electron chi connectivity index (χ4n) is 2.90. The van der Waals surface area contributed by atoms with Crippen molar-refractivity contribution in [3.63, 3.8) is 0 Å². The van der Waals surface area contributed by atoms with Gasteiger partial charge in [0, 0.05) is 0 Å². The Morgan fingerprint density at radius 1 is 1.00 bits per heavy atom. The summed E-state index contributed by atoms with van der Waals surface area (Å²) in [5, 5.41) is 10.9. The van der Waals surface area contributed by atoms with E-state index < -0.39 is 49.5 Å². The quantitative estimate of drug-likeness (QED) is 0.632. The summed E-state index contributed by atoms with van der Waals surface area (Å²) in [6.45, 7) is 1.44. The predicted molar refractivity (Wildman–Crippen MR) is 111 cm³/mol. The number of nitrogens with zero attached hydrogens (tertiary/aromatic N) is 1. The zero-order valence-corrected chi connectivity index (χ0v) is 17.1. The number of aliphatic carboxylic acids is 1. The fourth-order valence-corrected chi connectivity index (χ4v) is 2.90. The van der Waals surface area contributed by atoms with Gasteiger partial charge in [0.05, 0.1) is 17.8 Å². The number of halogens is 1. The molecular formula is C22H23FN2O6. The third-order valence-corrected chi connectivity index (χ3v) is 4.46. The summed E-state index contributed by atoms with van der Waals surface area (Å²) in [6.07, 6.45) is -1.62. The molecule has 0 fully saturated rings. The minimum absolute atomic E-state index is 0.554. The van der Waals surface area contributed by atoms with Crippen molar-refractivity contribution in [2.45, 2.75) is 26.3 Å². The highest BCUT2D eigenvalue weighted by molar-refractivity contribution is 5.99. The Morgan fingerprint density at radius 2 is 1.52 bits per heavy atom. The Morgan fingerprint density at radius 3 is 1.97 bits per heavy atom. The van der Waals surface area contributed by atoms with Crippen LogP contribution in [-0.4, -0.2) is 48.2 Å². The second-order valence-electron chi connectivity index (χ2n) is 6.78. The SMILES string of the molecule is Cc1ccccc1N(C(=O)OCC(=O)NC(CC(=O)O)C(=O)CF)c1ccccc1C. The van der Waals surface area contributed by atoms with Crippen LogP contribution in [-0.2, 0) is 19.1 Å². The Balaban J connectivity index is 2.18. The average Bonchev–Trinajstić information content (AvgIpc) is 2.73. The van der Waals surface area contributed by atoms with Crippen molar-refractivity contribution in [3.8, 4) is 0 Å². The first-order chi connectivity index (χ1) is 14.7. The molecule has 31 heavy (non-hydrogen) atoms. The maximum atomic E-state index is 12.9. The summed E-state index contributed by atoms with van der Waals surface area (Å²) in [6, 6.07) is 12.7. The van der Waals surface area contributed by atoms with Gasteiger partial charge in [-0.15, -0.1) is 0 Å². The lowest BCUT2D eigenvalue weighted by Gasteiger charge is -2.25. The molecule has 2 aromatic rings. The van der Waals surface area contributed by atoms with Gasteiger partial charge >= 0.3 is 12.1 Å². The van der Waals surface area contributed by atoms with Crippen LogP contribution in [0.1, 0.15) is 17.5 Å². The molecule has 2 amide bonds. The van der Waals surface area contributed by atoms with E-state index in [-0.39, 0.29) is 0 Å². The third-order valence-electron chi connectivity index (χ3n) is 4.46. The minimum Gasteiger partial charge on any atom is -0.481 e. The number of ketones is 1. The lowest BCUT2D eigenvalue weighted by Crippen LogP contribution is -2.45. The summed E-state index contributed by atoms with van der Waals surface area (Å²) in [5.41, 5.74) is 2.70. The Bertz CT molecular complexity index is 932. The molecule has 2 aromatic carbocycles. The highest BCUT2D eigenvalue weighted by Gasteiger charge is 2.26.